The van der Waals surface area contributed by atoms with Crippen LogP contribution in [0.25, 0.3) is 0 Å². The monoisotopic (exact) mass is 229 g/mol. The predicted octanol–water partition coefficient (Wildman–Crippen LogP) is 2.61. The molecule has 2 nitrogen and oxygen atoms in total. The van der Waals surface area contributed by atoms with E-state index in [2.05, 4.69) is 5.32 Å². The van der Waals surface area contributed by atoms with Gasteiger partial charge in [-0.05, 0) is 18.6 Å². The van der Waals surface area contributed by atoms with Crippen molar-refractivity contribution in [2.45, 2.75) is 16.7 Å². The number of benzene rings is 1. The molecule has 0 aromatic heterocycles. The second-order valence-corrected chi connectivity index (χ2v) is 4.56. The van der Waals surface area contributed by atoms with Crippen molar-refractivity contribution in [1.29, 1.82) is 0 Å². The predicted molar refractivity (Wildman–Crippen MR) is 57.9 cm³/mol. The number of halogens is 2. The number of nitrogens with one attached hydrogen (secondary N) is 1. The van der Waals surface area contributed by atoms with Crippen LogP contribution < -0.4 is 5.32 Å². The van der Waals surface area contributed by atoms with E-state index in [-0.39, 0.29) is 11.3 Å². The summed E-state index contributed by atoms with van der Waals surface area (Å²) in [7, 11) is 0. The summed E-state index contributed by atoms with van der Waals surface area (Å²) >= 11 is 11.7. The van der Waals surface area contributed by atoms with Crippen LogP contribution in [0.2, 0.25) is 0 Å². The average molecular weight is 230 g/mol. The number of alkyl halides is 2. The Balaban J connectivity index is 2.03. The van der Waals surface area contributed by atoms with E-state index >= 15 is 0 Å². The van der Waals surface area contributed by atoms with E-state index in [0.29, 0.717) is 6.42 Å². The van der Waals surface area contributed by atoms with E-state index in [1.807, 2.05) is 30.3 Å². The fraction of sp³-hybridized carbons (Fsp3) is 0.300. The number of para-hydroxylation sites is 1. The number of hydrogen-bond donors (Lipinski definition) is 1. The van der Waals surface area contributed by atoms with Gasteiger partial charge in [0.1, 0.15) is 4.87 Å². The summed E-state index contributed by atoms with van der Waals surface area (Å²) in [5.74, 6) is -0.217. The van der Waals surface area contributed by atoms with E-state index in [1.165, 1.54) is 0 Å². The number of anilines is 1. The molecule has 1 N–H and O–H groups in total. The van der Waals surface area contributed by atoms with Crippen LogP contribution >= 0.6 is 23.2 Å². The third kappa shape index (κ3) is 1.72. The molecular formula is C10H9Cl2NO. The van der Waals surface area contributed by atoms with Crippen molar-refractivity contribution in [1.82, 2.24) is 0 Å². The quantitative estimate of drug-likeness (QED) is 0.777. The van der Waals surface area contributed by atoms with Gasteiger partial charge in [0.05, 0.1) is 5.38 Å². The molecule has 1 aliphatic carbocycles. The highest BCUT2D eigenvalue weighted by Crippen LogP contribution is 2.48. The fourth-order valence-electron chi connectivity index (χ4n) is 1.19. The lowest BCUT2D eigenvalue weighted by Gasteiger charge is -2.08. The molecule has 0 aliphatic heterocycles. The van der Waals surface area contributed by atoms with Crippen molar-refractivity contribution in [3.8, 4) is 0 Å². The summed E-state index contributed by atoms with van der Waals surface area (Å²) in [6.07, 6.45) is 0.536. The summed E-state index contributed by atoms with van der Waals surface area (Å²) in [5.41, 5.74) is 0.744. The first-order valence-electron chi connectivity index (χ1n) is 4.32. The van der Waals surface area contributed by atoms with Gasteiger partial charge in [-0.1, -0.05) is 18.2 Å². The SMILES string of the molecule is O=C(Nc1ccccc1)C1(Cl)CC1Cl. The molecule has 1 aromatic carbocycles. The minimum absolute atomic E-state index is 0.217. The topological polar surface area (TPSA) is 29.1 Å². The van der Waals surface area contributed by atoms with Crippen LogP contribution in [0.15, 0.2) is 30.3 Å². The molecule has 0 spiro atoms. The van der Waals surface area contributed by atoms with Crippen LogP contribution in [0.3, 0.4) is 0 Å². The van der Waals surface area contributed by atoms with E-state index in [9.17, 15) is 4.79 Å². The molecule has 1 saturated carbocycles. The first-order chi connectivity index (χ1) is 6.63. The smallest absolute Gasteiger partial charge is 0.247 e. The normalized spacial score (nSPS) is 29.7. The number of carbonyl (C=O) groups is 1. The van der Waals surface area contributed by atoms with Gasteiger partial charge in [-0.15, -0.1) is 23.2 Å². The Hall–Kier alpha value is -0.730. The molecule has 74 valence electrons. The van der Waals surface area contributed by atoms with Gasteiger partial charge in [0.2, 0.25) is 5.91 Å². The van der Waals surface area contributed by atoms with Gasteiger partial charge in [-0.25, -0.2) is 0 Å². The summed E-state index contributed by atoms with van der Waals surface area (Å²) in [6.45, 7) is 0. The van der Waals surface area contributed by atoms with E-state index in [1.54, 1.807) is 0 Å². The molecule has 2 unspecified atom stereocenters. The van der Waals surface area contributed by atoms with E-state index in [0.717, 1.165) is 5.69 Å². The number of rotatable bonds is 2. The first kappa shape index (κ1) is 9.81. The summed E-state index contributed by atoms with van der Waals surface area (Å²) < 4.78 is 0. The molecule has 0 saturated heterocycles. The molecule has 0 radical (unpaired) electrons. The zero-order valence-corrected chi connectivity index (χ0v) is 8.85. The van der Waals surface area contributed by atoms with Crippen LogP contribution in [-0.2, 0) is 4.79 Å². The third-order valence-electron chi connectivity index (χ3n) is 2.22. The molecule has 4 heteroatoms. The molecule has 0 heterocycles. The lowest BCUT2D eigenvalue weighted by atomic mass is 10.3. The van der Waals surface area contributed by atoms with Gasteiger partial charge in [-0.2, -0.15) is 0 Å². The highest BCUT2D eigenvalue weighted by molar-refractivity contribution is 6.46. The van der Waals surface area contributed by atoms with Crippen LogP contribution in [0, 0.1) is 0 Å². The van der Waals surface area contributed by atoms with Crippen LogP contribution in [0.1, 0.15) is 6.42 Å². The van der Waals surface area contributed by atoms with Gasteiger partial charge in [0.25, 0.3) is 0 Å². The summed E-state index contributed by atoms with van der Waals surface area (Å²) in [5, 5.41) is 2.48. The lowest BCUT2D eigenvalue weighted by molar-refractivity contribution is -0.116. The molecule has 1 fully saturated rings. The summed E-state index contributed by atoms with van der Waals surface area (Å²) in [4.78, 5) is 10.7. The highest BCUT2D eigenvalue weighted by Gasteiger charge is 2.58. The molecular weight excluding hydrogens is 221 g/mol. The second kappa shape index (κ2) is 3.44. The Morgan fingerprint density at radius 2 is 2.00 bits per heavy atom. The van der Waals surface area contributed by atoms with Gasteiger partial charge in [0.15, 0.2) is 0 Å². The zero-order chi connectivity index (χ0) is 10.2. The minimum atomic E-state index is -0.891. The first-order valence-corrected chi connectivity index (χ1v) is 5.14. The van der Waals surface area contributed by atoms with Gasteiger partial charge >= 0.3 is 0 Å². The van der Waals surface area contributed by atoms with Crippen molar-refractivity contribution < 1.29 is 4.79 Å². The Morgan fingerprint density at radius 1 is 1.43 bits per heavy atom. The fourth-order valence-corrected chi connectivity index (χ4v) is 1.82. The Labute approximate surface area is 92.2 Å². The maximum Gasteiger partial charge on any atom is 0.247 e. The molecule has 2 atom stereocenters. The second-order valence-electron chi connectivity index (χ2n) is 3.35. The summed E-state index contributed by atoms with van der Waals surface area (Å²) in [6, 6.07) is 9.20. The van der Waals surface area contributed by atoms with Crippen molar-refractivity contribution in [2.75, 3.05) is 5.32 Å². The van der Waals surface area contributed by atoms with Gasteiger partial charge < -0.3 is 5.32 Å². The Kier molecular flexibility index (Phi) is 2.41. The van der Waals surface area contributed by atoms with Crippen LogP contribution in [0.5, 0.6) is 0 Å². The molecule has 1 aromatic rings. The van der Waals surface area contributed by atoms with Gasteiger partial charge in [-0.3, -0.25) is 4.79 Å². The van der Waals surface area contributed by atoms with Crippen molar-refractivity contribution in [3.63, 3.8) is 0 Å². The molecule has 1 aliphatic rings. The number of carbonyl (C=O) groups excluding carboxylic acids is 1. The van der Waals surface area contributed by atoms with Crippen LogP contribution in [-0.4, -0.2) is 16.2 Å². The van der Waals surface area contributed by atoms with Crippen molar-refractivity contribution in [3.05, 3.63) is 30.3 Å². The van der Waals surface area contributed by atoms with Gasteiger partial charge in [0, 0.05) is 5.69 Å². The third-order valence-corrected chi connectivity index (χ3v) is 3.45. The largest absolute Gasteiger partial charge is 0.325 e. The lowest BCUT2D eigenvalue weighted by Crippen LogP contribution is -2.26. The standard InChI is InChI=1S/C10H9Cl2NO/c11-8-6-10(8,12)9(14)13-7-4-2-1-3-5-7/h1-5,8H,6H2,(H,13,14). The van der Waals surface area contributed by atoms with Crippen molar-refractivity contribution >= 4 is 34.8 Å². The molecule has 0 bridgehead atoms. The van der Waals surface area contributed by atoms with E-state index in [4.69, 9.17) is 23.2 Å². The highest BCUT2D eigenvalue weighted by atomic mass is 35.5. The number of amides is 1. The van der Waals surface area contributed by atoms with Crippen molar-refractivity contribution in [2.24, 2.45) is 0 Å². The van der Waals surface area contributed by atoms with Crippen LogP contribution in [0.4, 0.5) is 5.69 Å². The molecule has 1 amide bonds. The average Bonchev–Trinajstić information content (AvgIpc) is 2.78. The Morgan fingerprint density at radius 3 is 2.50 bits per heavy atom. The Bertz CT molecular complexity index is 354. The number of hydrogen-bond acceptors (Lipinski definition) is 1. The zero-order valence-electron chi connectivity index (χ0n) is 7.34. The maximum atomic E-state index is 11.6. The maximum absolute atomic E-state index is 11.6. The van der Waals surface area contributed by atoms with E-state index < -0.39 is 4.87 Å². The molecule has 14 heavy (non-hydrogen) atoms. The minimum Gasteiger partial charge on any atom is -0.325 e. The molecule has 2 rings (SSSR count).